The van der Waals surface area contributed by atoms with Crippen molar-refractivity contribution in [1.29, 1.82) is 0 Å². The lowest BCUT2D eigenvalue weighted by molar-refractivity contribution is -0.753. The first kappa shape index (κ1) is 37.2. The van der Waals surface area contributed by atoms with Crippen LogP contribution in [0.2, 0.25) is 0 Å². The number of nitrogen functional groups attached to an aromatic ring is 1. The molecule has 3 aromatic rings. The van der Waals surface area contributed by atoms with Crippen molar-refractivity contribution >= 4 is 50.4 Å². The fourth-order valence-electron chi connectivity index (χ4n) is 4.72. The lowest BCUT2D eigenvalue weighted by Gasteiger charge is -2.50. The van der Waals surface area contributed by atoms with Gasteiger partial charge in [-0.25, -0.2) is 9.78 Å². The van der Waals surface area contributed by atoms with Crippen molar-refractivity contribution in [2.75, 3.05) is 32.0 Å². The Morgan fingerprint density at radius 2 is 1.94 bits per heavy atom. The summed E-state index contributed by atoms with van der Waals surface area (Å²) in [5.74, 6) is -3.10. The van der Waals surface area contributed by atoms with Gasteiger partial charge >= 0.3 is 16.4 Å². The molecule has 1 aliphatic heterocycles. The zero-order valence-corrected chi connectivity index (χ0v) is 28.4. The number of anilines is 1. The zero-order chi connectivity index (χ0) is 35.9. The van der Waals surface area contributed by atoms with Crippen LogP contribution in [0.3, 0.4) is 0 Å². The predicted molar refractivity (Wildman–Crippen MR) is 174 cm³/mol. The molecule has 1 aromatic carbocycles. The highest BCUT2D eigenvalue weighted by atomic mass is 32.3. The van der Waals surface area contributed by atoms with Gasteiger partial charge in [-0.15, -0.1) is 20.3 Å². The molecule has 0 saturated carbocycles. The molecule has 3 heterocycles. The number of carboxylic acids is 1. The van der Waals surface area contributed by atoms with E-state index in [0.717, 1.165) is 48.5 Å². The fourth-order valence-corrected chi connectivity index (χ4v) is 5.73. The number of thiazole rings is 1. The van der Waals surface area contributed by atoms with E-state index in [4.69, 9.17) is 25.6 Å². The van der Waals surface area contributed by atoms with Crippen LogP contribution in [-0.4, -0.2) is 100 Å². The molecule has 8 N–H and O–H groups in total. The second kappa shape index (κ2) is 15.7. The molecule has 4 rings (SSSR count). The first-order valence-corrected chi connectivity index (χ1v) is 17.0. The number of aliphatic carboxylic acids is 1. The number of β-lactam (4-membered cyclic amide) rings is 1. The minimum Gasteiger partial charge on any atom is -0.489 e. The van der Waals surface area contributed by atoms with Gasteiger partial charge < -0.3 is 36.8 Å². The highest BCUT2D eigenvalue weighted by Gasteiger charge is 2.58. The number of hydroxylamine groups is 2. The molecule has 266 valence electrons. The number of nitrogens with one attached hydrogen (secondary N) is 2. The molecule has 19 nitrogen and oxygen atoms in total. The summed E-state index contributed by atoms with van der Waals surface area (Å²) in [7, 11) is -3.07. The first-order chi connectivity index (χ1) is 23.1. The van der Waals surface area contributed by atoms with Crippen LogP contribution in [0.4, 0.5) is 5.13 Å². The molecule has 49 heavy (non-hydrogen) atoms. The summed E-state index contributed by atoms with van der Waals surface area (Å²) in [6.07, 6.45) is 3.28. The molecule has 0 spiro atoms. The van der Waals surface area contributed by atoms with E-state index in [1.807, 2.05) is 36.3 Å². The Bertz CT molecular complexity index is 1790. The molecule has 1 fully saturated rings. The summed E-state index contributed by atoms with van der Waals surface area (Å²) in [5, 5.41) is 20.9. The SMILES string of the molecule is C[n+]1cc(-c2ccc(OC[C@H](O/N=C(/C(=O)NC3C(=O)N(OS(=O)(=O)O)C3(C)C)c3csc(N)n3)C(=O)O)cc2)cn1CCCNCCN. The monoisotopic (exact) mass is 724 g/mol. The summed E-state index contributed by atoms with van der Waals surface area (Å²) < 4.78 is 45.2. The average molecular weight is 725 g/mol. The third kappa shape index (κ3) is 9.49. The van der Waals surface area contributed by atoms with E-state index in [1.165, 1.54) is 19.2 Å². The number of hydrogen-bond acceptors (Lipinski definition) is 14. The van der Waals surface area contributed by atoms with Crippen LogP contribution >= 0.6 is 11.3 Å². The van der Waals surface area contributed by atoms with E-state index in [-0.39, 0.29) is 10.8 Å². The van der Waals surface area contributed by atoms with E-state index in [0.29, 0.717) is 17.4 Å². The van der Waals surface area contributed by atoms with Crippen molar-refractivity contribution < 1.29 is 51.0 Å². The highest BCUT2D eigenvalue weighted by molar-refractivity contribution is 7.80. The molecule has 2 aromatic heterocycles. The van der Waals surface area contributed by atoms with Crippen LogP contribution in [0.1, 0.15) is 26.0 Å². The van der Waals surface area contributed by atoms with Crippen molar-refractivity contribution in [3.63, 3.8) is 0 Å². The fraction of sp³-hybridized carbons (Fsp3) is 0.429. The number of hydrogen-bond donors (Lipinski definition) is 6. The number of benzene rings is 1. The number of aryl methyl sites for hydroxylation is 2. The van der Waals surface area contributed by atoms with E-state index in [2.05, 4.69) is 29.7 Å². The second-order valence-electron chi connectivity index (χ2n) is 11.3. The lowest BCUT2D eigenvalue weighted by atomic mass is 9.84. The van der Waals surface area contributed by atoms with Crippen molar-refractivity contribution in [3.05, 3.63) is 47.7 Å². The lowest BCUT2D eigenvalue weighted by Crippen LogP contribution is -2.76. The van der Waals surface area contributed by atoms with Gasteiger partial charge in [-0.3, -0.25) is 14.1 Å². The standard InChI is InChI=1S/C28H37N9O10S2/c1-28(2)23(25(39)37(28)47-49(42,43)44)33-24(38)22(20-16-48-27(30)32-20)34-46-21(26(40)41)15-45-19-7-5-17(6-8-19)18-13-35(3)36(14-18)12-4-10-31-11-9-29/h5-8,13-14,16,21,23,31H,4,9-12,15,29H2,1-3H3,(H4-,30,32,33,38,40,41,42,43,44)/p+1/b34-22+/t21-,23?/m0/s1. The number of amides is 2. The summed E-state index contributed by atoms with van der Waals surface area (Å²) in [6.45, 7) is 5.27. The Morgan fingerprint density at radius 3 is 2.53 bits per heavy atom. The molecule has 1 unspecified atom stereocenters. The highest BCUT2D eigenvalue weighted by Crippen LogP contribution is 2.33. The Hall–Kier alpha value is -4.67. The Balaban J connectivity index is 1.40. The number of carboxylic acid groups (broad SMARTS) is 1. The van der Waals surface area contributed by atoms with Gasteiger partial charge in [-0.1, -0.05) is 17.3 Å². The molecule has 0 radical (unpaired) electrons. The van der Waals surface area contributed by atoms with Crippen molar-refractivity contribution in [1.82, 2.24) is 25.4 Å². The molecule has 1 aliphatic rings. The number of nitrogens with zero attached hydrogens (tertiary/aromatic N) is 5. The number of ether oxygens (including phenoxy) is 1. The number of oxime groups is 1. The largest absolute Gasteiger partial charge is 0.489 e. The van der Waals surface area contributed by atoms with E-state index >= 15 is 0 Å². The van der Waals surface area contributed by atoms with Crippen LogP contribution in [0.25, 0.3) is 11.1 Å². The smallest absolute Gasteiger partial charge is 0.418 e. The van der Waals surface area contributed by atoms with Gasteiger partial charge in [-0.05, 0) is 44.5 Å². The molecule has 0 aliphatic carbocycles. The molecule has 0 bridgehead atoms. The Kier molecular flexibility index (Phi) is 11.9. The summed E-state index contributed by atoms with van der Waals surface area (Å²) in [5.41, 5.74) is 11.1. The Labute approximate surface area is 285 Å². The van der Waals surface area contributed by atoms with Crippen LogP contribution in [0.15, 0.2) is 47.2 Å². The van der Waals surface area contributed by atoms with E-state index in [1.54, 1.807) is 12.1 Å². The maximum absolute atomic E-state index is 13.2. The van der Waals surface area contributed by atoms with Gasteiger partial charge in [0.1, 0.15) is 24.1 Å². The minimum atomic E-state index is -5.02. The van der Waals surface area contributed by atoms with Crippen molar-refractivity contribution in [3.8, 4) is 16.9 Å². The quantitative estimate of drug-likeness (QED) is 0.0231. The molecule has 21 heteroatoms. The number of rotatable bonds is 18. The van der Waals surface area contributed by atoms with E-state index < -0.39 is 58.2 Å². The molecular formula is C28H38N9O10S2+. The van der Waals surface area contributed by atoms with Crippen LogP contribution < -0.4 is 31.5 Å². The van der Waals surface area contributed by atoms with Gasteiger partial charge in [0.05, 0.1) is 23.8 Å². The zero-order valence-electron chi connectivity index (χ0n) is 26.8. The maximum atomic E-state index is 13.2. The first-order valence-electron chi connectivity index (χ1n) is 14.8. The summed E-state index contributed by atoms with van der Waals surface area (Å²) >= 11 is 0.962. The van der Waals surface area contributed by atoms with Gasteiger partial charge in [0.25, 0.3) is 17.9 Å². The van der Waals surface area contributed by atoms with Crippen molar-refractivity contribution in [2.24, 2.45) is 17.9 Å². The molecule has 1 saturated heterocycles. The normalized spacial score (nSPS) is 16.6. The maximum Gasteiger partial charge on any atom is 0.418 e. The van der Waals surface area contributed by atoms with Gasteiger partial charge in [0.15, 0.2) is 17.9 Å². The van der Waals surface area contributed by atoms with E-state index in [9.17, 15) is 27.9 Å². The summed E-state index contributed by atoms with van der Waals surface area (Å²) in [4.78, 5) is 47.0. The summed E-state index contributed by atoms with van der Waals surface area (Å²) in [6, 6.07) is 5.68. The molecular weight excluding hydrogens is 686 g/mol. The number of carbonyl (C=O) groups excluding carboxylic acids is 2. The number of carbonyl (C=O) groups is 3. The van der Waals surface area contributed by atoms with Gasteiger partial charge in [0, 0.05) is 18.5 Å². The average Bonchev–Trinajstić information content (AvgIpc) is 3.64. The molecule has 2 atom stereocenters. The van der Waals surface area contributed by atoms with Crippen LogP contribution in [0, 0.1) is 0 Å². The van der Waals surface area contributed by atoms with Crippen molar-refractivity contribution in [2.45, 2.75) is 44.5 Å². The third-order valence-electron chi connectivity index (χ3n) is 7.32. The number of aromatic nitrogens is 3. The van der Waals surface area contributed by atoms with Gasteiger partial charge in [-0.2, -0.15) is 18.2 Å². The topological polar surface area (TPSA) is 267 Å². The number of nitrogens with two attached hydrogens (primary N) is 2. The second-order valence-corrected chi connectivity index (χ2v) is 13.2. The minimum absolute atomic E-state index is 0.0609. The predicted octanol–water partition coefficient (Wildman–Crippen LogP) is -0.950. The Morgan fingerprint density at radius 1 is 1.22 bits per heavy atom. The van der Waals surface area contributed by atoms with Gasteiger partial charge in [0.2, 0.25) is 6.20 Å². The third-order valence-corrected chi connectivity index (χ3v) is 8.33. The molecule has 2 amide bonds. The van der Waals surface area contributed by atoms with Crippen LogP contribution in [-0.2, 0) is 47.5 Å². The van der Waals surface area contributed by atoms with Crippen LogP contribution in [0.5, 0.6) is 5.75 Å².